The molecule has 3 N–H and O–H groups in total. The van der Waals surface area contributed by atoms with Gasteiger partial charge in [-0.25, -0.2) is 18.3 Å². The Balaban J connectivity index is 1.97. The number of aromatic carboxylic acids is 1. The second kappa shape index (κ2) is 9.45. The van der Waals surface area contributed by atoms with Crippen LogP contribution in [0.25, 0.3) is 0 Å². The van der Waals surface area contributed by atoms with E-state index in [1.165, 1.54) is 24.6 Å². The first-order valence-electron chi connectivity index (χ1n) is 8.61. The van der Waals surface area contributed by atoms with Gasteiger partial charge in [0.05, 0.1) is 12.7 Å². The molecule has 0 radical (unpaired) electrons. The molecule has 0 bridgehead atoms. The Morgan fingerprint density at radius 3 is 2.61 bits per heavy atom. The molecule has 2 heterocycles. The number of H-pyrrole nitrogens is 1. The van der Waals surface area contributed by atoms with Gasteiger partial charge in [-0.2, -0.15) is 13.2 Å². The van der Waals surface area contributed by atoms with E-state index in [1.54, 1.807) is 4.98 Å². The van der Waals surface area contributed by atoms with Gasteiger partial charge in [0.25, 0.3) is 11.3 Å². The molecule has 33 heavy (non-hydrogen) atoms. The maximum Gasteiger partial charge on any atom is 0.431 e. The number of aromatic nitrogens is 2. The summed E-state index contributed by atoms with van der Waals surface area (Å²) in [4.78, 5) is 28.4. The largest absolute Gasteiger partial charge is 0.495 e. The van der Waals surface area contributed by atoms with Crippen LogP contribution in [0.4, 0.5) is 24.7 Å². The van der Waals surface area contributed by atoms with Crippen molar-refractivity contribution in [2.45, 2.75) is 6.18 Å². The number of methoxy groups -OCH3 is 1. The number of carbonyl (C=O) groups is 1. The topological polar surface area (TPSA) is 133 Å². The van der Waals surface area contributed by atoms with Crippen molar-refractivity contribution in [1.29, 1.82) is 0 Å². The minimum Gasteiger partial charge on any atom is -0.495 e. The van der Waals surface area contributed by atoms with Crippen molar-refractivity contribution in [3.05, 3.63) is 67.9 Å². The molecule has 9 nitrogen and oxygen atoms in total. The van der Waals surface area contributed by atoms with Crippen molar-refractivity contribution < 1.29 is 36.6 Å². The average molecular weight is 499 g/mol. The van der Waals surface area contributed by atoms with Crippen LogP contribution in [-0.4, -0.2) is 36.9 Å². The van der Waals surface area contributed by atoms with Gasteiger partial charge in [0, 0.05) is 17.0 Å². The molecule has 14 heteroatoms. The lowest BCUT2D eigenvalue weighted by atomic mass is 10.2. The summed E-state index contributed by atoms with van der Waals surface area (Å²) in [6.07, 6.45) is -4.76. The Bertz CT molecular complexity index is 1360. The van der Waals surface area contributed by atoms with Crippen LogP contribution in [-0.2, 0) is 17.4 Å². The zero-order valence-electron chi connectivity index (χ0n) is 16.3. The van der Waals surface area contributed by atoms with Gasteiger partial charge >= 0.3 is 12.1 Å². The number of rotatable bonds is 5. The average Bonchev–Trinajstić information content (AvgIpc) is 3.19. The van der Waals surface area contributed by atoms with Crippen molar-refractivity contribution in [3.63, 3.8) is 0 Å². The van der Waals surface area contributed by atoms with Gasteiger partial charge in [0.2, 0.25) is 5.56 Å². The zero-order valence-corrected chi connectivity index (χ0v) is 18.0. The maximum atomic E-state index is 12.8. The third kappa shape index (κ3) is 5.58. The first-order valence-corrected chi connectivity index (χ1v) is 10.6. The number of carboxylic acid groups (broad SMARTS) is 1. The maximum absolute atomic E-state index is 12.8. The van der Waals surface area contributed by atoms with Gasteiger partial charge < -0.3 is 14.8 Å². The quantitative estimate of drug-likeness (QED) is 0.363. The van der Waals surface area contributed by atoms with Crippen molar-refractivity contribution in [3.8, 4) is 17.6 Å². The van der Waals surface area contributed by atoms with Crippen LogP contribution in [0, 0.1) is 11.8 Å². The highest BCUT2D eigenvalue weighted by Gasteiger charge is 2.32. The molecular weight excluding hydrogens is 487 g/mol. The zero-order chi connectivity index (χ0) is 24.3. The molecule has 0 saturated heterocycles. The summed E-state index contributed by atoms with van der Waals surface area (Å²) < 4.78 is 66.3. The predicted octanol–water partition coefficient (Wildman–Crippen LogP) is 3.23. The normalized spacial score (nSPS) is 11.9. The first kappa shape index (κ1) is 24.0. The van der Waals surface area contributed by atoms with Gasteiger partial charge in [-0.3, -0.25) is 9.35 Å². The minimum absolute atomic E-state index is 0.0128. The SMILES string of the molecule is COc1cc(C(=O)O)ccc1N(c1csc(C#Cc2cc(C(F)(F)F)[nH]c(=O)c2)n1)S(=O)O. The molecule has 0 saturated carbocycles. The molecule has 0 fully saturated rings. The van der Waals surface area contributed by atoms with Crippen LogP contribution in [0.1, 0.15) is 26.6 Å². The Morgan fingerprint density at radius 2 is 2.00 bits per heavy atom. The number of thiazole rings is 1. The smallest absolute Gasteiger partial charge is 0.431 e. The first-order chi connectivity index (χ1) is 15.5. The van der Waals surface area contributed by atoms with Crippen LogP contribution >= 0.6 is 11.3 Å². The molecule has 1 atom stereocenters. The summed E-state index contributed by atoms with van der Waals surface area (Å²) in [6, 6.07) is 5.19. The molecule has 2 aromatic heterocycles. The Hall–Kier alpha value is -3.67. The summed E-state index contributed by atoms with van der Waals surface area (Å²) in [5, 5.41) is 10.5. The highest BCUT2D eigenvalue weighted by molar-refractivity contribution is 7.81. The second-order valence-corrected chi connectivity index (χ2v) is 7.81. The lowest BCUT2D eigenvalue weighted by molar-refractivity contribution is -0.141. The fraction of sp³-hybridized carbons (Fsp3) is 0.105. The fourth-order valence-electron chi connectivity index (χ4n) is 2.58. The summed E-state index contributed by atoms with van der Waals surface area (Å²) in [7, 11) is 1.25. The molecule has 1 aromatic carbocycles. The van der Waals surface area contributed by atoms with E-state index in [0.29, 0.717) is 6.07 Å². The number of nitrogens with one attached hydrogen (secondary N) is 1. The number of benzene rings is 1. The van der Waals surface area contributed by atoms with E-state index in [-0.39, 0.29) is 33.4 Å². The van der Waals surface area contributed by atoms with Crippen LogP contribution in [0.3, 0.4) is 0 Å². The summed E-state index contributed by atoms with van der Waals surface area (Å²) >= 11 is -1.72. The van der Waals surface area contributed by atoms with E-state index in [2.05, 4.69) is 16.8 Å². The van der Waals surface area contributed by atoms with Gasteiger partial charge in [0.15, 0.2) is 10.8 Å². The summed E-state index contributed by atoms with van der Waals surface area (Å²) in [5.74, 6) is 3.63. The molecule has 0 amide bonds. The predicted molar refractivity (Wildman–Crippen MR) is 113 cm³/mol. The Kier molecular flexibility index (Phi) is 6.86. The van der Waals surface area contributed by atoms with Crippen molar-refractivity contribution in [1.82, 2.24) is 9.97 Å². The Morgan fingerprint density at radius 1 is 1.27 bits per heavy atom. The second-order valence-electron chi connectivity index (χ2n) is 6.12. The van der Waals surface area contributed by atoms with Gasteiger partial charge in [-0.1, -0.05) is 5.92 Å². The third-order valence-electron chi connectivity index (χ3n) is 3.97. The van der Waals surface area contributed by atoms with E-state index < -0.39 is 34.7 Å². The summed E-state index contributed by atoms with van der Waals surface area (Å²) in [5.41, 5.74) is -2.50. The van der Waals surface area contributed by atoms with Crippen LogP contribution < -0.4 is 14.6 Å². The molecule has 3 rings (SSSR count). The number of ether oxygens (including phenoxy) is 1. The molecule has 172 valence electrons. The number of nitrogens with zero attached hydrogens (tertiary/aromatic N) is 2. The van der Waals surface area contributed by atoms with Gasteiger partial charge in [-0.15, -0.1) is 11.3 Å². The summed E-state index contributed by atoms with van der Waals surface area (Å²) in [6.45, 7) is 0. The van der Waals surface area contributed by atoms with Crippen LogP contribution in [0.15, 0.2) is 40.5 Å². The van der Waals surface area contributed by atoms with E-state index in [0.717, 1.165) is 27.8 Å². The lowest BCUT2D eigenvalue weighted by Gasteiger charge is -2.20. The molecule has 3 aromatic rings. The number of carboxylic acids is 1. The van der Waals surface area contributed by atoms with Crippen molar-refractivity contribution in [2.24, 2.45) is 0 Å². The number of halogens is 3. The monoisotopic (exact) mass is 499 g/mol. The van der Waals surface area contributed by atoms with E-state index >= 15 is 0 Å². The van der Waals surface area contributed by atoms with E-state index in [1.807, 2.05) is 0 Å². The standard InChI is InChI=1S/C19H12F3N3O6S2/c1-31-13-8-11(18(27)28)3-4-12(13)25(33(29)30)15-9-32-17(24-15)5-2-10-6-14(19(20,21)22)23-16(26)7-10/h3-4,6-9H,1H3,(H,23,26)(H,27,28)(H,29,30). The van der Waals surface area contributed by atoms with Crippen LogP contribution in [0.2, 0.25) is 0 Å². The fourth-order valence-corrected chi connectivity index (χ4v) is 3.85. The number of anilines is 2. The number of pyridine rings is 1. The molecular formula is C19H12F3N3O6S2. The highest BCUT2D eigenvalue weighted by atomic mass is 32.2. The van der Waals surface area contributed by atoms with Crippen molar-refractivity contribution >= 4 is 40.1 Å². The van der Waals surface area contributed by atoms with Crippen LogP contribution in [0.5, 0.6) is 5.75 Å². The molecule has 0 spiro atoms. The molecule has 0 aliphatic heterocycles. The number of alkyl halides is 3. The van der Waals surface area contributed by atoms with E-state index in [9.17, 15) is 31.5 Å². The number of aromatic amines is 1. The number of hydrogen-bond donors (Lipinski definition) is 3. The molecule has 0 aliphatic rings. The van der Waals surface area contributed by atoms with Gasteiger partial charge in [0.1, 0.15) is 17.1 Å². The van der Waals surface area contributed by atoms with Gasteiger partial charge in [-0.05, 0) is 30.2 Å². The third-order valence-corrected chi connectivity index (χ3v) is 5.41. The molecule has 0 aliphatic carbocycles. The lowest BCUT2D eigenvalue weighted by Crippen LogP contribution is -2.20. The highest BCUT2D eigenvalue weighted by Crippen LogP contribution is 2.36. The van der Waals surface area contributed by atoms with E-state index in [4.69, 9.17) is 9.84 Å². The molecule has 1 unspecified atom stereocenters. The minimum atomic E-state index is -4.76. The van der Waals surface area contributed by atoms with Crippen molar-refractivity contribution in [2.75, 3.05) is 11.4 Å². The number of hydrogen-bond acceptors (Lipinski definition) is 6. The Labute approximate surface area is 189 Å².